The lowest BCUT2D eigenvalue weighted by molar-refractivity contribution is -0.121. The monoisotopic (exact) mass is 381 g/mol. The number of rotatable bonds is 7. The van der Waals surface area contributed by atoms with E-state index in [2.05, 4.69) is 27.6 Å². The van der Waals surface area contributed by atoms with Gasteiger partial charge in [0.25, 0.3) is 0 Å². The van der Waals surface area contributed by atoms with E-state index in [1.807, 2.05) is 12.1 Å². The number of fused-ring (bicyclic) bond motifs is 1. The number of nitrogens with one attached hydrogen (secondary N) is 2. The fourth-order valence-corrected chi connectivity index (χ4v) is 4.91. The zero-order chi connectivity index (χ0) is 19.4. The summed E-state index contributed by atoms with van der Waals surface area (Å²) in [5, 5.41) is 10.9. The Hall–Kier alpha value is -2.30. The molecular weight excluding hydrogens is 350 g/mol. The molecule has 0 atom stereocenters. The van der Waals surface area contributed by atoms with Crippen LogP contribution in [0.4, 0.5) is 0 Å². The lowest BCUT2D eigenvalue weighted by Crippen LogP contribution is -2.39. The smallest absolute Gasteiger partial charge is 0.220 e. The van der Waals surface area contributed by atoms with E-state index in [-0.39, 0.29) is 11.3 Å². The second kappa shape index (κ2) is 8.38. The standard InChI is InChI=1S/C23H31N3O2/c1-28-18-10-8-17(9-11-18)23(14-4-5-15-23)16-24-22(27)13-12-21-19-6-2-3-7-20(19)25-26-21/h8-11H,2-7,12-16H2,1H3,(H,24,27)(H,25,26). The summed E-state index contributed by atoms with van der Waals surface area (Å²) < 4.78 is 5.29. The van der Waals surface area contributed by atoms with Crippen LogP contribution in [-0.4, -0.2) is 29.8 Å². The fraction of sp³-hybridized carbons (Fsp3) is 0.565. The molecule has 1 fully saturated rings. The van der Waals surface area contributed by atoms with Crippen molar-refractivity contribution in [1.29, 1.82) is 0 Å². The van der Waals surface area contributed by atoms with Crippen molar-refractivity contribution < 1.29 is 9.53 Å². The summed E-state index contributed by atoms with van der Waals surface area (Å²) in [5.41, 5.74) is 5.12. The van der Waals surface area contributed by atoms with Gasteiger partial charge < -0.3 is 10.1 Å². The van der Waals surface area contributed by atoms with E-state index >= 15 is 0 Å². The summed E-state index contributed by atoms with van der Waals surface area (Å²) in [6.45, 7) is 0.719. The van der Waals surface area contributed by atoms with Crippen molar-refractivity contribution in [3.05, 3.63) is 46.8 Å². The van der Waals surface area contributed by atoms with Crippen LogP contribution in [0.3, 0.4) is 0 Å². The molecule has 1 aromatic carbocycles. The number of nitrogens with zero attached hydrogens (tertiary/aromatic N) is 1. The molecule has 2 aromatic rings. The number of carbonyl (C=O) groups is 1. The molecule has 0 saturated heterocycles. The highest BCUT2D eigenvalue weighted by Gasteiger charge is 2.35. The van der Waals surface area contributed by atoms with Crippen LogP contribution >= 0.6 is 0 Å². The molecule has 4 rings (SSSR count). The Morgan fingerprint density at radius 3 is 2.64 bits per heavy atom. The number of aryl methyl sites for hydroxylation is 2. The van der Waals surface area contributed by atoms with Gasteiger partial charge in [0.05, 0.1) is 12.8 Å². The zero-order valence-corrected chi connectivity index (χ0v) is 16.9. The van der Waals surface area contributed by atoms with E-state index in [9.17, 15) is 4.79 Å². The van der Waals surface area contributed by atoms with E-state index in [0.717, 1.165) is 50.1 Å². The van der Waals surface area contributed by atoms with Gasteiger partial charge in [-0.3, -0.25) is 9.89 Å². The number of methoxy groups -OCH3 is 1. The van der Waals surface area contributed by atoms with Gasteiger partial charge in [0.15, 0.2) is 0 Å². The zero-order valence-electron chi connectivity index (χ0n) is 16.9. The first-order valence-corrected chi connectivity index (χ1v) is 10.7. The van der Waals surface area contributed by atoms with Gasteiger partial charge in [-0.2, -0.15) is 5.10 Å². The van der Waals surface area contributed by atoms with E-state index in [1.165, 1.54) is 42.5 Å². The van der Waals surface area contributed by atoms with Crippen molar-refractivity contribution in [3.63, 3.8) is 0 Å². The Morgan fingerprint density at radius 2 is 1.89 bits per heavy atom. The molecule has 0 radical (unpaired) electrons. The number of aromatic nitrogens is 2. The quantitative estimate of drug-likeness (QED) is 0.765. The van der Waals surface area contributed by atoms with Gasteiger partial charge in [0, 0.05) is 30.5 Å². The summed E-state index contributed by atoms with van der Waals surface area (Å²) in [5.74, 6) is 1.01. The highest BCUT2D eigenvalue weighted by atomic mass is 16.5. The molecule has 0 bridgehead atoms. The molecule has 2 N–H and O–H groups in total. The van der Waals surface area contributed by atoms with Crippen LogP contribution in [0.2, 0.25) is 0 Å². The Kier molecular flexibility index (Phi) is 5.69. The molecule has 150 valence electrons. The minimum atomic E-state index is 0.0629. The van der Waals surface area contributed by atoms with Gasteiger partial charge >= 0.3 is 0 Å². The Bertz CT molecular complexity index is 804. The Balaban J connectivity index is 1.35. The highest BCUT2D eigenvalue weighted by Crippen LogP contribution is 2.41. The van der Waals surface area contributed by atoms with E-state index in [0.29, 0.717) is 6.42 Å². The van der Waals surface area contributed by atoms with Gasteiger partial charge in [-0.1, -0.05) is 25.0 Å². The van der Waals surface area contributed by atoms with Crippen LogP contribution < -0.4 is 10.1 Å². The summed E-state index contributed by atoms with van der Waals surface area (Å²) in [6.07, 6.45) is 10.6. The Morgan fingerprint density at radius 1 is 1.14 bits per heavy atom. The molecule has 2 aliphatic rings. The van der Waals surface area contributed by atoms with Gasteiger partial charge in [0.2, 0.25) is 5.91 Å². The molecule has 5 heteroatoms. The number of hydrogen-bond acceptors (Lipinski definition) is 3. The Labute approximate surface area is 167 Å². The topological polar surface area (TPSA) is 67.0 Å². The molecule has 0 spiro atoms. The first-order chi connectivity index (χ1) is 13.7. The van der Waals surface area contributed by atoms with Gasteiger partial charge in [-0.05, 0) is 61.8 Å². The van der Waals surface area contributed by atoms with Crippen LogP contribution in [0.1, 0.15) is 67.5 Å². The number of benzene rings is 1. The largest absolute Gasteiger partial charge is 0.497 e. The number of hydrogen-bond donors (Lipinski definition) is 2. The predicted octanol–water partition coefficient (Wildman–Crippen LogP) is 3.86. The number of aromatic amines is 1. The predicted molar refractivity (Wildman–Crippen MR) is 110 cm³/mol. The molecule has 0 aliphatic heterocycles. The molecule has 0 unspecified atom stereocenters. The number of amides is 1. The highest BCUT2D eigenvalue weighted by molar-refractivity contribution is 5.76. The van der Waals surface area contributed by atoms with Crippen molar-refractivity contribution in [3.8, 4) is 5.75 Å². The second-order valence-corrected chi connectivity index (χ2v) is 8.33. The van der Waals surface area contributed by atoms with Crippen LogP contribution in [0.15, 0.2) is 24.3 Å². The lowest BCUT2D eigenvalue weighted by atomic mass is 9.78. The number of H-pyrrole nitrogens is 1. The molecule has 28 heavy (non-hydrogen) atoms. The maximum Gasteiger partial charge on any atom is 0.220 e. The third-order valence-electron chi connectivity index (χ3n) is 6.62. The molecule has 1 aromatic heterocycles. The van der Waals surface area contributed by atoms with Crippen molar-refractivity contribution in [2.45, 2.75) is 69.6 Å². The van der Waals surface area contributed by atoms with Gasteiger partial charge in [-0.25, -0.2) is 0 Å². The van der Waals surface area contributed by atoms with Crippen LogP contribution in [0.5, 0.6) is 5.75 Å². The third kappa shape index (κ3) is 3.94. The van der Waals surface area contributed by atoms with Gasteiger partial charge in [0.1, 0.15) is 5.75 Å². The van der Waals surface area contributed by atoms with Crippen LogP contribution in [0.25, 0.3) is 0 Å². The first-order valence-electron chi connectivity index (χ1n) is 10.7. The number of ether oxygens (including phenoxy) is 1. The first kappa shape index (κ1) is 19.0. The maximum absolute atomic E-state index is 12.6. The minimum absolute atomic E-state index is 0.0629. The molecule has 1 saturated carbocycles. The summed E-state index contributed by atoms with van der Waals surface area (Å²) in [6, 6.07) is 8.37. The maximum atomic E-state index is 12.6. The van der Waals surface area contributed by atoms with E-state index in [1.54, 1.807) is 7.11 Å². The summed E-state index contributed by atoms with van der Waals surface area (Å²) >= 11 is 0. The number of carbonyl (C=O) groups excluding carboxylic acids is 1. The van der Waals surface area contributed by atoms with E-state index < -0.39 is 0 Å². The molecule has 1 amide bonds. The van der Waals surface area contributed by atoms with E-state index in [4.69, 9.17) is 4.74 Å². The lowest BCUT2D eigenvalue weighted by Gasteiger charge is -2.30. The molecule has 2 aliphatic carbocycles. The molecule has 1 heterocycles. The van der Waals surface area contributed by atoms with Crippen molar-refractivity contribution >= 4 is 5.91 Å². The fourth-order valence-electron chi connectivity index (χ4n) is 4.91. The molecule has 5 nitrogen and oxygen atoms in total. The average Bonchev–Trinajstić information content (AvgIpc) is 3.39. The van der Waals surface area contributed by atoms with Crippen LogP contribution in [0, 0.1) is 0 Å². The SMILES string of the molecule is COc1ccc(C2(CNC(=O)CCc3n[nH]c4c3CCCC4)CCCC2)cc1. The van der Waals surface area contributed by atoms with Crippen molar-refractivity contribution in [2.75, 3.05) is 13.7 Å². The average molecular weight is 382 g/mol. The van der Waals surface area contributed by atoms with Crippen molar-refractivity contribution in [1.82, 2.24) is 15.5 Å². The van der Waals surface area contributed by atoms with Gasteiger partial charge in [-0.15, -0.1) is 0 Å². The minimum Gasteiger partial charge on any atom is -0.497 e. The third-order valence-corrected chi connectivity index (χ3v) is 6.62. The molecular formula is C23H31N3O2. The summed E-state index contributed by atoms with van der Waals surface area (Å²) in [4.78, 5) is 12.6. The van der Waals surface area contributed by atoms with Crippen LogP contribution in [-0.2, 0) is 29.5 Å². The second-order valence-electron chi connectivity index (χ2n) is 8.33. The summed E-state index contributed by atoms with van der Waals surface area (Å²) in [7, 11) is 1.69. The normalized spacial score (nSPS) is 17.9. The van der Waals surface area contributed by atoms with Crippen molar-refractivity contribution in [2.24, 2.45) is 0 Å².